The number of hydrogen-bond donors (Lipinski definition) is 1. The largest absolute Gasteiger partial charge is 0.324 e. The van der Waals surface area contributed by atoms with Crippen LogP contribution in [0, 0.1) is 12.7 Å². The maximum atomic E-state index is 13.7. The Morgan fingerprint density at radius 2 is 2.20 bits per heavy atom. The molecule has 1 aliphatic rings. The second kappa shape index (κ2) is 4.14. The Bertz CT molecular complexity index is 378. The van der Waals surface area contributed by atoms with Crippen molar-refractivity contribution in [2.24, 2.45) is 5.73 Å². The number of rotatable bonds is 0. The monoisotopic (exact) mass is 225 g/mol. The molecule has 3 heteroatoms. The molecule has 0 bridgehead atoms. The molecular formula is C12H16FNS. The van der Waals surface area contributed by atoms with Crippen LogP contribution in [0.3, 0.4) is 0 Å². The SMILES string of the molecule is Cc1ccc(F)c2c1CSC(C)C[C@@H]2N. The van der Waals surface area contributed by atoms with Crippen LogP contribution in [0.15, 0.2) is 12.1 Å². The van der Waals surface area contributed by atoms with E-state index in [1.54, 1.807) is 0 Å². The van der Waals surface area contributed by atoms with Gasteiger partial charge in [0.25, 0.3) is 0 Å². The lowest BCUT2D eigenvalue weighted by molar-refractivity contribution is 0.562. The van der Waals surface area contributed by atoms with Gasteiger partial charge in [0, 0.05) is 22.6 Å². The van der Waals surface area contributed by atoms with Gasteiger partial charge in [-0.1, -0.05) is 13.0 Å². The highest BCUT2D eigenvalue weighted by Gasteiger charge is 2.23. The van der Waals surface area contributed by atoms with Crippen molar-refractivity contribution in [3.8, 4) is 0 Å². The molecule has 1 aromatic carbocycles. The topological polar surface area (TPSA) is 26.0 Å². The zero-order valence-corrected chi connectivity index (χ0v) is 9.90. The van der Waals surface area contributed by atoms with Gasteiger partial charge in [0.1, 0.15) is 5.82 Å². The quantitative estimate of drug-likeness (QED) is 0.734. The van der Waals surface area contributed by atoms with E-state index in [2.05, 4.69) is 6.92 Å². The maximum Gasteiger partial charge on any atom is 0.128 e. The van der Waals surface area contributed by atoms with Crippen LogP contribution in [0.25, 0.3) is 0 Å². The Morgan fingerprint density at radius 1 is 1.47 bits per heavy atom. The Kier molecular flexibility index (Phi) is 3.03. The highest BCUT2D eigenvalue weighted by Crippen LogP contribution is 2.36. The first-order chi connectivity index (χ1) is 7.09. The number of benzene rings is 1. The molecule has 2 atom stereocenters. The van der Waals surface area contributed by atoms with Gasteiger partial charge in [-0.3, -0.25) is 0 Å². The Morgan fingerprint density at radius 3 is 2.93 bits per heavy atom. The van der Waals surface area contributed by atoms with Gasteiger partial charge in [0.2, 0.25) is 0 Å². The fourth-order valence-corrected chi connectivity index (χ4v) is 3.28. The number of aryl methyl sites for hydroxylation is 1. The minimum absolute atomic E-state index is 0.141. The zero-order chi connectivity index (χ0) is 11.0. The third kappa shape index (κ3) is 2.04. The molecule has 0 radical (unpaired) electrons. The third-order valence-electron chi connectivity index (χ3n) is 3.01. The lowest BCUT2D eigenvalue weighted by Gasteiger charge is -2.15. The minimum atomic E-state index is -0.148. The van der Waals surface area contributed by atoms with Crippen molar-refractivity contribution in [2.75, 3.05) is 0 Å². The lowest BCUT2D eigenvalue weighted by atomic mass is 9.95. The molecule has 0 amide bonds. The van der Waals surface area contributed by atoms with E-state index >= 15 is 0 Å². The second-order valence-corrected chi connectivity index (χ2v) is 5.65. The number of fused-ring (bicyclic) bond motifs is 1. The highest BCUT2D eigenvalue weighted by atomic mass is 32.2. The van der Waals surface area contributed by atoms with Gasteiger partial charge >= 0.3 is 0 Å². The molecule has 0 saturated carbocycles. The molecule has 0 fully saturated rings. The van der Waals surface area contributed by atoms with E-state index in [-0.39, 0.29) is 11.9 Å². The van der Waals surface area contributed by atoms with Gasteiger partial charge in [-0.2, -0.15) is 11.8 Å². The van der Waals surface area contributed by atoms with Crippen molar-refractivity contribution in [3.63, 3.8) is 0 Å². The van der Waals surface area contributed by atoms with Crippen LogP contribution >= 0.6 is 11.8 Å². The number of halogens is 1. The Balaban J connectivity index is 2.52. The summed E-state index contributed by atoms with van der Waals surface area (Å²) in [5, 5.41) is 0.506. The summed E-state index contributed by atoms with van der Waals surface area (Å²) in [6.07, 6.45) is 0.859. The van der Waals surface area contributed by atoms with E-state index < -0.39 is 0 Å². The standard InChI is InChI=1S/C12H16FNS/c1-7-3-4-10(13)12-9(7)6-15-8(2)5-11(12)14/h3-4,8,11H,5-6,14H2,1-2H3/t8?,11-/m0/s1. The van der Waals surface area contributed by atoms with Crippen molar-refractivity contribution in [1.29, 1.82) is 0 Å². The average molecular weight is 225 g/mol. The maximum absolute atomic E-state index is 13.7. The third-order valence-corrected chi connectivity index (χ3v) is 4.22. The van der Waals surface area contributed by atoms with E-state index in [0.29, 0.717) is 5.25 Å². The summed E-state index contributed by atoms with van der Waals surface area (Å²) in [6.45, 7) is 4.19. The Labute approximate surface area is 94.2 Å². The van der Waals surface area contributed by atoms with Gasteiger partial charge < -0.3 is 5.73 Å². The van der Waals surface area contributed by atoms with Gasteiger partial charge in [0.05, 0.1) is 0 Å². The molecule has 1 heterocycles. The fraction of sp³-hybridized carbons (Fsp3) is 0.500. The summed E-state index contributed by atoms with van der Waals surface area (Å²) in [5.41, 5.74) is 9.06. The van der Waals surface area contributed by atoms with Crippen LogP contribution in [-0.4, -0.2) is 5.25 Å². The summed E-state index contributed by atoms with van der Waals surface area (Å²) >= 11 is 1.86. The molecule has 1 nitrogen and oxygen atoms in total. The van der Waals surface area contributed by atoms with Gasteiger partial charge in [0.15, 0.2) is 0 Å². The van der Waals surface area contributed by atoms with E-state index in [0.717, 1.165) is 28.9 Å². The van der Waals surface area contributed by atoms with Crippen molar-refractivity contribution in [3.05, 3.63) is 34.6 Å². The lowest BCUT2D eigenvalue weighted by Crippen LogP contribution is -2.16. The van der Waals surface area contributed by atoms with Crippen LogP contribution in [0.1, 0.15) is 36.1 Å². The summed E-state index contributed by atoms with van der Waals surface area (Å²) < 4.78 is 13.7. The number of nitrogens with two attached hydrogens (primary N) is 1. The van der Waals surface area contributed by atoms with Gasteiger partial charge in [-0.25, -0.2) is 4.39 Å². The van der Waals surface area contributed by atoms with Crippen molar-refractivity contribution in [1.82, 2.24) is 0 Å². The molecule has 0 aromatic heterocycles. The van der Waals surface area contributed by atoms with Crippen LogP contribution < -0.4 is 5.73 Å². The van der Waals surface area contributed by atoms with E-state index in [1.165, 1.54) is 6.07 Å². The van der Waals surface area contributed by atoms with Crippen LogP contribution in [-0.2, 0) is 5.75 Å². The fourth-order valence-electron chi connectivity index (χ4n) is 2.11. The molecule has 1 unspecified atom stereocenters. The van der Waals surface area contributed by atoms with Crippen molar-refractivity contribution in [2.45, 2.75) is 37.3 Å². The molecule has 0 aliphatic carbocycles. The summed E-state index contributed by atoms with van der Waals surface area (Å²) in [7, 11) is 0. The second-order valence-electron chi connectivity index (χ2n) is 4.22. The van der Waals surface area contributed by atoms with E-state index in [4.69, 9.17) is 5.73 Å². The predicted molar refractivity (Wildman–Crippen MR) is 63.4 cm³/mol. The van der Waals surface area contributed by atoms with Gasteiger partial charge in [-0.15, -0.1) is 0 Å². The van der Waals surface area contributed by atoms with E-state index in [1.807, 2.05) is 24.8 Å². The molecule has 15 heavy (non-hydrogen) atoms. The number of thioether (sulfide) groups is 1. The summed E-state index contributed by atoms with van der Waals surface area (Å²) in [4.78, 5) is 0. The predicted octanol–water partition coefficient (Wildman–Crippen LogP) is 3.16. The molecule has 1 aliphatic heterocycles. The average Bonchev–Trinajstić information content (AvgIpc) is 2.32. The molecule has 1 aromatic rings. The number of hydrogen-bond acceptors (Lipinski definition) is 2. The molecule has 0 saturated heterocycles. The zero-order valence-electron chi connectivity index (χ0n) is 9.09. The molecule has 82 valence electrons. The molecule has 2 rings (SSSR count). The van der Waals surface area contributed by atoms with Crippen LogP contribution in [0.5, 0.6) is 0 Å². The van der Waals surface area contributed by atoms with Crippen molar-refractivity contribution >= 4 is 11.8 Å². The molecular weight excluding hydrogens is 209 g/mol. The summed E-state index contributed by atoms with van der Waals surface area (Å²) in [5.74, 6) is 0.742. The Hall–Kier alpha value is -0.540. The first kappa shape index (κ1) is 11.0. The first-order valence-corrected chi connectivity index (χ1v) is 6.29. The van der Waals surface area contributed by atoms with Gasteiger partial charge in [-0.05, 0) is 30.5 Å². The highest BCUT2D eigenvalue weighted by molar-refractivity contribution is 7.99. The van der Waals surface area contributed by atoms with E-state index in [9.17, 15) is 4.39 Å². The van der Waals surface area contributed by atoms with Crippen molar-refractivity contribution < 1.29 is 4.39 Å². The normalized spacial score (nSPS) is 25.9. The van der Waals surface area contributed by atoms with Crippen LogP contribution in [0.2, 0.25) is 0 Å². The summed E-state index contributed by atoms with van der Waals surface area (Å²) in [6, 6.07) is 3.23. The smallest absolute Gasteiger partial charge is 0.128 e. The minimum Gasteiger partial charge on any atom is -0.324 e. The van der Waals surface area contributed by atoms with Crippen LogP contribution in [0.4, 0.5) is 4.39 Å². The molecule has 0 spiro atoms. The molecule has 2 N–H and O–H groups in total. The first-order valence-electron chi connectivity index (χ1n) is 5.24.